The van der Waals surface area contributed by atoms with Gasteiger partial charge in [0.15, 0.2) is 0 Å². The number of hydrogen-bond donors (Lipinski definition) is 0. The topological polar surface area (TPSA) is 34.1 Å². The van der Waals surface area contributed by atoms with Crippen molar-refractivity contribution < 1.29 is 9.13 Å². The van der Waals surface area contributed by atoms with Gasteiger partial charge in [-0.2, -0.15) is 0 Å². The van der Waals surface area contributed by atoms with Gasteiger partial charge in [-0.1, -0.05) is 41.8 Å². The van der Waals surface area contributed by atoms with Crippen LogP contribution >= 0.6 is 16.3 Å². The number of benzene rings is 1. The third-order valence-electron chi connectivity index (χ3n) is 2.82. The first-order chi connectivity index (χ1) is 7.21. The van der Waals surface area contributed by atoms with Crippen molar-refractivity contribution in [2.75, 3.05) is 12.3 Å². The minimum atomic E-state index is -1.98. The molecule has 0 aromatic heterocycles. The minimum absolute atomic E-state index is 0.644. The summed E-state index contributed by atoms with van der Waals surface area (Å²) in [5.74, 6) is 0.644. The third kappa shape index (κ3) is 3.00. The lowest BCUT2D eigenvalue weighted by Gasteiger charge is -2.10. The molecule has 3 unspecified atom stereocenters. The standard InChI is InChI=1S/C11H15OP.H2OP/c1-10-7-8-13(12,9-10)11-5-3-2-4-6-11;1-2/h2-6,10H,7-9H2,1H3;2H2/q;+1. The van der Waals surface area contributed by atoms with Crippen LogP contribution in [0.4, 0.5) is 0 Å². The Kier molecular flexibility index (Phi) is 4.70. The van der Waals surface area contributed by atoms with Crippen LogP contribution in [0.3, 0.4) is 0 Å². The maximum atomic E-state index is 12.4. The Morgan fingerprint density at radius 1 is 1.27 bits per heavy atom. The van der Waals surface area contributed by atoms with Gasteiger partial charge in [-0.3, -0.25) is 0 Å². The lowest BCUT2D eigenvalue weighted by atomic mass is 10.2. The Balaban J connectivity index is 0.000000531. The molecule has 3 atom stereocenters. The highest BCUT2D eigenvalue weighted by atomic mass is 31.2. The van der Waals surface area contributed by atoms with Gasteiger partial charge in [0.05, 0.1) is 0 Å². The van der Waals surface area contributed by atoms with E-state index in [2.05, 4.69) is 6.92 Å². The van der Waals surface area contributed by atoms with Gasteiger partial charge < -0.3 is 4.57 Å². The molecule has 4 heteroatoms. The van der Waals surface area contributed by atoms with Gasteiger partial charge in [-0.15, -0.1) is 0 Å². The van der Waals surface area contributed by atoms with Gasteiger partial charge >= 0.3 is 9.12 Å². The second kappa shape index (κ2) is 5.58. The molecule has 2 nitrogen and oxygen atoms in total. The molecular formula is C11H17O2P2+. The highest BCUT2D eigenvalue weighted by Crippen LogP contribution is 2.52. The summed E-state index contributed by atoms with van der Waals surface area (Å²) >= 11 is 0. The first kappa shape index (κ1) is 12.6. The van der Waals surface area contributed by atoms with E-state index in [1.807, 2.05) is 30.3 Å². The summed E-state index contributed by atoms with van der Waals surface area (Å²) in [7, 11) is -0.812. The molecule has 2 rings (SSSR count). The lowest BCUT2D eigenvalue weighted by molar-refractivity contribution is 0.583. The smallest absolute Gasteiger partial charge is 0.310 e. The van der Waals surface area contributed by atoms with E-state index in [-0.39, 0.29) is 0 Å². The molecule has 1 aliphatic rings. The van der Waals surface area contributed by atoms with Crippen molar-refractivity contribution in [1.29, 1.82) is 0 Å². The second-order valence-electron chi connectivity index (χ2n) is 4.02. The van der Waals surface area contributed by atoms with Crippen molar-refractivity contribution in [2.24, 2.45) is 5.92 Å². The molecule has 0 spiro atoms. The van der Waals surface area contributed by atoms with Crippen LogP contribution in [0.1, 0.15) is 13.3 Å². The Bertz CT molecular complexity index is 351. The van der Waals surface area contributed by atoms with Crippen molar-refractivity contribution in [1.82, 2.24) is 0 Å². The van der Waals surface area contributed by atoms with E-state index in [0.29, 0.717) is 5.92 Å². The van der Waals surface area contributed by atoms with E-state index in [1.165, 1.54) is 9.12 Å². The maximum absolute atomic E-state index is 12.4. The molecule has 1 saturated heterocycles. The van der Waals surface area contributed by atoms with Gasteiger partial charge in [0, 0.05) is 17.6 Å². The normalized spacial score (nSPS) is 29.3. The molecular weight excluding hydrogens is 226 g/mol. The predicted molar refractivity (Wildman–Crippen MR) is 67.6 cm³/mol. The van der Waals surface area contributed by atoms with E-state index in [1.54, 1.807) is 0 Å². The summed E-state index contributed by atoms with van der Waals surface area (Å²) in [6, 6.07) is 9.97. The minimum Gasteiger partial charge on any atom is -0.319 e. The van der Waals surface area contributed by atoms with Crippen molar-refractivity contribution in [3.05, 3.63) is 30.3 Å². The second-order valence-corrected chi connectivity index (χ2v) is 7.13. The van der Waals surface area contributed by atoms with Gasteiger partial charge in [0.1, 0.15) is 7.14 Å². The van der Waals surface area contributed by atoms with Crippen LogP contribution in [0, 0.1) is 5.92 Å². The van der Waals surface area contributed by atoms with Crippen LogP contribution in [0.5, 0.6) is 0 Å². The Labute approximate surface area is 93.1 Å². The van der Waals surface area contributed by atoms with Crippen molar-refractivity contribution in [2.45, 2.75) is 13.3 Å². The van der Waals surface area contributed by atoms with Crippen LogP contribution in [0.15, 0.2) is 30.3 Å². The molecule has 1 heterocycles. The van der Waals surface area contributed by atoms with Gasteiger partial charge in [-0.25, -0.2) is 0 Å². The van der Waals surface area contributed by atoms with Crippen molar-refractivity contribution in [3.63, 3.8) is 0 Å². The first-order valence-corrected chi connectivity index (χ1v) is 7.63. The zero-order valence-electron chi connectivity index (χ0n) is 8.93. The van der Waals surface area contributed by atoms with Crippen LogP contribution in [0.2, 0.25) is 0 Å². The fraction of sp³-hybridized carbons (Fsp3) is 0.455. The summed E-state index contributed by atoms with van der Waals surface area (Å²) in [6.07, 6.45) is 2.96. The maximum Gasteiger partial charge on any atom is 0.310 e. The quantitative estimate of drug-likeness (QED) is 0.710. The third-order valence-corrected chi connectivity index (χ3v) is 6.25. The monoisotopic (exact) mass is 243 g/mol. The van der Waals surface area contributed by atoms with E-state index >= 15 is 0 Å². The Hall–Kier alpha value is -0.450. The fourth-order valence-corrected chi connectivity index (χ4v) is 5.46. The first-order valence-electron chi connectivity index (χ1n) is 5.08. The van der Waals surface area contributed by atoms with Gasteiger partial charge in [0.25, 0.3) is 0 Å². The van der Waals surface area contributed by atoms with Crippen LogP contribution < -0.4 is 5.30 Å². The summed E-state index contributed by atoms with van der Waals surface area (Å²) in [5, 5.41) is 1.08. The summed E-state index contributed by atoms with van der Waals surface area (Å²) < 4.78 is 20.6. The molecule has 15 heavy (non-hydrogen) atoms. The molecule has 0 N–H and O–H groups in total. The largest absolute Gasteiger partial charge is 0.319 e. The summed E-state index contributed by atoms with van der Waals surface area (Å²) in [6.45, 7) is 2.20. The Morgan fingerprint density at radius 2 is 1.87 bits per heavy atom. The van der Waals surface area contributed by atoms with Crippen molar-refractivity contribution >= 4 is 21.6 Å². The summed E-state index contributed by atoms with van der Waals surface area (Å²) in [4.78, 5) is 0. The van der Waals surface area contributed by atoms with Crippen LogP contribution in [-0.4, -0.2) is 12.3 Å². The molecule has 0 aliphatic carbocycles. The molecule has 0 bridgehead atoms. The predicted octanol–water partition coefficient (Wildman–Crippen LogP) is 2.92. The van der Waals surface area contributed by atoms with E-state index in [9.17, 15) is 4.57 Å². The highest BCUT2D eigenvalue weighted by molar-refractivity contribution is 7.71. The molecule has 0 saturated carbocycles. The molecule has 1 aliphatic heterocycles. The number of hydrogen-bond acceptors (Lipinski definition) is 2. The molecule has 1 fully saturated rings. The molecule has 0 amide bonds. The van der Waals surface area contributed by atoms with E-state index in [4.69, 9.17) is 4.57 Å². The molecule has 1 aromatic rings. The van der Waals surface area contributed by atoms with Gasteiger partial charge in [0.2, 0.25) is 0 Å². The fourth-order valence-electron chi connectivity index (χ4n) is 2.05. The Morgan fingerprint density at radius 3 is 2.33 bits per heavy atom. The summed E-state index contributed by atoms with van der Waals surface area (Å²) in [5.41, 5.74) is 0. The van der Waals surface area contributed by atoms with Crippen molar-refractivity contribution in [3.8, 4) is 0 Å². The SMILES string of the molecule is CC1CCP(=O)(c2ccccc2)C1.O=[PH2+]. The average molecular weight is 243 g/mol. The lowest BCUT2D eigenvalue weighted by Crippen LogP contribution is -2.05. The van der Waals surface area contributed by atoms with Gasteiger partial charge in [-0.05, 0) is 12.3 Å². The average Bonchev–Trinajstić information content (AvgIpc) is 2.64. The van der Waals surface area contributed by atoms with E-state index < -0.39 is 7.14 Å². The van der Waals surface area contributed by atoms with Crippen LogP contribution in [0.25, 0.3) is 0 Å². The zero-order valence-corrected chi connectivity index (χ0v) is 11.0. The van der Waals surface area contributed by atoms with Crippen LogP contribution in [-0.2, 0) is 9.13 Å². The molecule has 1 aromatic carbocycles. The molecule has 0 radical (unpaired) electrons. The zero-order chi connectivity index (χ0) is 11.3. The number of rotatable bonds is 1. The highest BCUT2D eigenvalue weighted by Gasteiger charge is 2.32. The molecule has 82 valence electrons. The van der Waals surface area contributed by atoms with E-state index in [0.717, 1.165) is 24.0 Å².